The average molecular weight is 398 g/mol. The van der Waals surface area contributed by atoms with Gasteiger partial charge in [0.15, 0.2) is 0 Å². The zero-order valence-electron chi connectivity index (χ0n) is 17.3. The third-order valence-corrected chi connectivity index (χ3v) is 5.41. The summed E-state index contributed by atoms with van der Waals surface area (Å²) in [5.41, 5.74) is 6.14. The van der Waals surface area contributed by atoms with Crippen molar-refractivity contribution in [2.45, 2.75) is 39.3 Å². The minimum Gasteiger partial charge on any atom is -0.352 e. The highest BCUT2D eigenvalue weighted by molar-refractivity contribution is 5.84. The van der Waals surface area contributed by atoms with E-state index in [1.54, 1.807) is 12.4 Å². The highest BCUT2D eigenvalue weighted by atomic mass is 16.1. The molecule has 0 aliphatic carbocycles. The molecule has 0 atom stereocenters. The Morgan fingerprint density at radius 3 is 2.63 bits per heavy atom. The molecule has 0 saturated heterocycles. The van der Waals surface area contributed by atoms with Crippen molar-refractivity contribution in [2.75, 3.05) is 0 Å². The van der Waals surface area contributed by atoms with Crippen molar-refractivity contribution in [3.8, 4) is 0 Å². The van der Waals surface area contributed by atoms with Crippen LogP contribution in [0.15, 0.2) is 79.3 Å². The van der Waals surface area contributed by atoms with Gasteiger partial charge in [-0.1, -0.05) is 54.1 Å². The molecule has 0 bridgehead atoms. The number of fused-ring (bicyclic) bond motifs is 1. The third kappa shape index (κ3) is 4.95. The molecule has 0 fully saturated rings. The molecule has 0 spiro atoms. The summed E-state index contributed by atoms with van der Waals surface area (Å²) >= 11 is 0. The predicted molar refractivity (Wildman–Crippen MR) is 121 cm³/mol. The van der Waals surface area contributed by atoms with E-state index in [1.165, 1.54) is 27.6 Å². The van der Waals surface area contributed by atoms with Crippen LogP contribution in [0.4, 0.5) is 0 Å². The Labute approximate surface area is 177 Å². The van der Waals surface area contributed by atoms with E-state index in [9.17, 15) is 4.79 Å². The second-order valence-corrected chi connectivity index (χ2v) is 7.78. The van der Waals surface area contributed by atoms with Gasteiger partial charge in [-0.3, -0.25) is 9.78 Å². The van der Waals surface area contributed by atoms with Gasteiger partial charge in [-0.15, -0.1) is 0 Å². The van der Waals surface area contributed by atoms with Gasteiger partial charge in [0.25, 0.3) is 0 Å². The van der Waals surface area contributed by atoms with E-state index in [4.69, 9.17) is 0 Å². The Hall–Kier alpha value is -3.40. The molecular formula is C26H27N3O. The molecule has 0 saturated carbocycles. The Bertz CT molecular complexity index is 1110. The number of hydrogen-bond donors (Lipinski definition) is 1. The minimum atomic E-state index is 0.0854. The summed E-state index contributed by atoms with van der Waals surface area (Å²) < 4.78 is 2.32. The zero-order chi connectivity index (χ0) is 20.8. The van der Waals surface area contributed by atoms with Crippen LogP contribution in [0.3, 0.4) is 0 Å². The van der Waals surface area contributed by atoms with Crippen molar-refractivity contribution in [2.24, 2.45) is 0 Å². The standard InChI is InChI=1S/C26H27N3O/c1-20-11-13-21(14-12-20)18-29-19-23(24-8-2-3-9-25(24)29)7-4-10-26(30)28-17-22-6-5-15-27-16-22/h2-3,5-6,8-9,11-16,19H,4,7,10,17-18H2,1H3,(H,28,30). The summed E-state index contributed by atoms with van der Waals surface area (Å²) in [5, 5.41) is 4.26. The summed E-state index contributed by atoms with van der Waals surface area (Å²) in [5.74, 6) is 0.0854. The Morgan fingerprint density at radius 1 is 1.00 bits per heavy atom. The van der Waals surface area contributed by atoms with Gasteiger partial charge in [-0.2, -0.15) is 0 Å². The number of rotatable bonds is 8. The number of para-hydroxylation sites is 1. The van der Waals surface area contributed by atoms with Gasteiger partial charge in [0.1, 0.15) is 0 Å². The predicted octanol–water partition coefficient (Wildman–Crippen LogP) is 5.03. The first kappa shape index (κ1) is 19.9. The summed E-state index contributed by atoms with van der Waals surface area (Å²) in [6, 6.07) is 21.1. The molecule has 2 heterocycles. The molecule has 4 aromatic rings. The highest BCUT2D eigenvalue weighted by Crippen LogP contribution is 2.24. The molecule has 152 valence electrons. The lowest BCUT2D eigenvalue weighted by molar-refractivity contribution is -0.121. The number of carbonyl (C=O) groups excluding carboxylic acids is 1. The highest BCUT2D eigenvalue weighted by Gasteiger charge is 2.10. The van der Waals surface area contributed by atoms with Crippen LogP contribution < -0.4 is 5.32 Å². The number of aromatic nitrogens is 2. The largest absolute Gasteiger partial charge is 0.352 e. The molecular weight excluding hydrogens is 370 g/mol. The van der Waals surface area contributed by atoms with E-state index in [0.29, 0.717) is 13.0 Å². The lowest BCUT2D eigenvalue weighted by Crippen LogP contribution is -2.22. The number of hydrogen-bond acceptors (Lipinski definition) is 2. The number of amides is 1. The van der Waals surface area contributed by atoms with Crippen molar-refractivity contribution in [1.82, 2.24) is 14.9 Å². The Morgan fingerprint density at radius 2 is 1.83 bits per heavy atom. The zero-order valence-corrected chi connectivity index (χ0v) is 17.3. The average Bonchev–Trinajstić information content (AvgIpc) is 3.12. The monoisotopic (exact) mass is 397 g/mol. The van der Waals surface area contributed by atoms with Gasteiger partial charge in [0.2, 0.25) is 5.91 Å². The first-order valence-electron chi connectivity index (χ1n) is 10.5. The minimum absolute atomic E-state index is 0.0854. The number of benzene rings is 2. The topological polar surface area (TPSA) is 46.9 Å². The van der Waals surface area contributed by atoms with Crippen LogP contribution in [-0.4, -0.2) is 15.5 Å². The van der Waals surface area contributed by atoms with Gasteiger partial charge < -0.3 is 9.88 Å². The van der Waals surface area contributed by atoms with Gasteiger partial charge in [0.05, 0.1) is 0 Å². The molecule has 0 aliphatic rings. The van der Waals surface area contributed by atoms with Crippen LogP contribution in [0.2, 0.25) is 0 Å². The Kier molecular flexibility index (Phi) is 6.23. The van der Waals surface area contributed by atoms with E-state index < -0.39 is 0 Å². The second-order valence-electron chi connectivity index (χ2n) is 7.78. The molecule has 4 rings (SSSR count). The number of pyridine rings is 1. The molecule has 0 unspecified atom stereocenters. The molecule has 1 N–H and O–H groups in total. The summed E-state index contributed by atoms with van der Waals surface area (Å²) in [7, 11) is 0. The van der Waals surface area contributed by atoms with E-state index in [0.717, 1.165) is 24.9 Å². The van der Waals surface area contributed by atoms with Crippen LogP contribution in [0.1, 0.15) is 35.1 Å². The van der Waals surface area contributed by atoms with Gasteiger partial charge in [0, 0.05) is 49.0 Å². The normalized spacial score (nSPS) is 11.0. The summed E-state index contributed by atoms with van der Waals surface area (Å²) in [6.45, 7) is 3.49. The SMILES string of the molecule is Cc1ccc(Cn2cc(CCCC(=O)NCc3cccnc3)c3ccccc32)cc1. The van der Waals surface area contributed by atoms with Crippen LogP contribution in [-0.2, 0) is 24.3 Å². The van der Waals surface area contributed by atoms with E-state index in [2.05, 4.69) is 76.5 Å². The van der Waals surface area contributed by atoms with Crippen LogP contribution in [0, 0.1) is 6.92 Å². The first-order valence-corrected chi connectivity index (χ1v) is 10.5. The summed E-state index contributed by atoms with van der Waals surface area (Å²) in [6.07, 6.45) is 8.01. The van der Waals surface area contributed by atoms with Crippen molar-refractivity contribution in [3.05, 3.63) is 102 Å². The molecule has 0 aliphatic heterocycles. The van der Waals surface area contributed by atoms with Crippen LogP contribution >= 0.6 is 0 Å². The van der Waals surface area contributed by atoms with Crippen LogP contribution in [0.25, 0.3) is 10.9 Å². The Balaban J connectivity index is 1.38. The second kappa shape index (κ2) is 9.40. The fraction of sp³-hybridized carbons (Fsp3) is 0.231. The van der Waals surface area contributed by atoms with Crippen molar-refractivity contribution in [1.29, 1.82) is 0 Å². The van der Waals surface area contributed by atoms with E-state index >= 15 is 0 Å². The molecule has 2 aromatic heterocycles. The molecule has 30 heavy (non-hydrogen) atoms. The lowest BCUT2D eigenvalue weighted by atomic mass is 10.1. The molecule has 4 heteroatoms. The number of carbonyl (C=O) groups is 1. The molecule has 0 radical (unpaired) electrons. The molecule has 2 aromatic carbocycles. The van der Waals surface area contributed by atoms with Crippen molar-refractivity contribution < 1.29 is 4.79 Å². The van der Waals surface area contributed by atoms with Crippen molar-refractivity contribution >= 4 is 16.8 Å². The smallest absolute Gasteiger partial charge is 0.220 e. The van der Waals surface area contributed by atoms with E-state index in [-0.39, 0.29) is 5.91 Å². The first-order chi connectivity index (χ1) is 14.7. The van der Waals surface area contributed by atoms with Crippen LogP contribution in [0.5, 0.6) is 0 Å². The maximum Gasteiger partial charge on any atom is 0.220 e. The molecule has 4 nitrogen and oxygen atoms in total. The summed E-state index contributed by atoms with van der Waals surface area (Å²) in [4.78, 5) is 16.3. The van der Waals surface area contributed by atoms with E-state index in [1.807, 2.05) is 12.1 Å². The third-order valence-electron chi connectivity index (χ3n) is 5.41. The quantitative estimate of drug-likeness (QED) is 0.453. The number of nitrogens with one attached hydrogen (secondary N) is 1. The lowest BCUT2D eigenvalue weighted by Gasteiger charge is -2.06. The number of nitrogens with zero attached hydrogens (tertiary/aromatic N) is 2. The fourth-order valence-corrected chi connectivity index (χ4v) is 3.77. The van der Waals surface area contributed by atoms with Crippen molar-refractivity contribution in [3.63, 3.8) is 0 Å². The maximum absolute atomic E-state index is 12.2. The fourth-order valence-electron chi connectivity index (χ4n) is 3.77. The van der Waals surface area contributed by atoms with Gasteiger partial charge in [-0.25, -0.2) is 0 Å². The molecule has 1 amide bonds. The maximum atomic E-state index is 12.2. The van der Waals surface area contributed by atoms with Gasteiger partial charge in [-0.05, 0) is 48.6 Å². The number of aryl methyl sites for hydroxylation is 2. The van der Waals surface area contributed by atoms with Gasteiger partial charge >= 0.3 is 0 Å².